The number of amides is 1. The standard InChI is InChI=1S/C17H25N5O/c1-22-12-13(11-18-22)8-9-17(23)19-16-10-15(20-21-16)14-6-4-2-3-5-7-14/h10-12,14H,2-9H2,1H3,(H2,19,20,21,23). The van der Waals surface area contributed by atoms with Crippen molar-refractivity contribution in [2.75, 3.05) is 5.32 Å². The van der Waals surface area contributed by atoms with Gasteiger partial charge >= 0.3 is 0 Å². The van der Waals surface area contributed by atoms with Crippen molar-refractivity contribution in [3.8, 4) is 0 Å². The van der Waals surface area contributed by atoms with Crippen LogP contribution in [0.25, 0.3) is 0 Å². The molecular formula is C17H25N5O. The summed E-state index contributed by atoms with van der Waals surface area (Å²) in [5.41, 5.74) is 2.23. The molecular weight excluding hydrogens is 290 g/mol. The van der Waals surface area contributed by atoms with Crippen LogP contribution in [0.4, 0.5) is 5.82 Å². The van der Waals surface area contributed by atoms with Crippen LogP contribution in [0.3, 0.4) is 0 Å². The monoisotopic (exact) mass is 315 g/mol. The van der Waals surface area contributed by atoms with E-state index < -0.39 is 0 Å². The quantitative estimate of drug-likeness (QED) is 0.832. The van der Waals surface area contributed by atoms with Gasteiger partial charge in [-0.2, -0.15) is 10.2 Å². The molecule has 1 saturated carbocycles. The maximum Gasteiger partial charge on any atom is 0.225 e. The molecule has 0 spiro atoms. The summed E-state index contributed by atoms with van der Waals surface area (Å²) in [4.78, 5) is 12.0. The summed E-state index contributed by atoms with van der Waals surface area (Å²) in [5.74, 6) is 1.19. The Kier molecular flexibility index (Phi) is 5.10. The Balaban J connectivity index is 1.50. The number of aromatic amines is 1. The second kappa shape index (κ2) is 7.44. The second-order valence-corrected chi connectivity index (χ2v) is 6.47. The minimum Gasteiger partial charge on any atom is -0.309 e. The molecule has 124 valence electrons. The van der Waals surface area contributed by atoms with Crippen molar-refractivity contribution in [3.63, 3.8) is 0 Å². The Morgan fingerprint density at radius 2 is 2.13 bits per heavy atom. The molecule has 1 fully saturated rings. The van der Waals surface area contributed by atoms with Crippen molar-refractivity contribution in [2.24, 2.45) is 7.05 Å². The molecule has 2 N–H and O–H groups in total. The number of carbonyl (C=O) groups is 1. The zero-order chi connectivity index (χ0) is 16.1. The Bertz CT molecular complexity index is 637. The van der Waals surface area contributed by atoms with Gasteiger partial charge < -0.3 is 5.32 Å². The van der Waals surface area contributed by atoms with Crippen LogP contribution in [-0.2, 0) is 18.3 Å². The average Bonchev–Trinajstić information content (AvgIpc) is 3.07. The Labute approximate surface area is 136 Å². The molecule has 23 heavy (non-hydrogen) atoms. The number of nitrogens with one attached hydrogen (secondary N) is 2. The van der Waals surface area contributed by atoms with Crippen molar-refractivity contribution < 1.29 is 4.79 Å². The van der Waals surface area contributed by atoms with Crippen LogP contribution in [0.15, 0.2) is 18.5 Å². The summed E-state index contributed by atoms with van der Waals surface area (Å²) in [6.07, 6.45) is 12.6. The van der Waals surface area contributed by atoms with E-state index in [4.69, 9.17) is 0 Å². The number of hydrogen-bond acceptors (Lipinski definition) is 3. The van der Waals surface area contributed by atoms with E-state index in [1.165, 1.54) is 38.5 Å². The molecule has 1 amide bonds. The lowest BCUT2D eigenvalue weighted by Crippen LogP contribution is -2.12. The van der Waals surface area contributed by atoms with Gasteiger partial charge in [0.15, 0.2) is 5.82 Å². The number of anilines is 1. The largest absolute Gasteiger partial charge is 0.309 e. The lowest BCUT2D eigenvalue weighted by atomic mass is 9.97. The zero-order valence-corrected chi connectivity index (χ0v) is 13.7. The van der Waals surface area contributed by atoms with Crippen LogP contribution in [0.5, 0.6) is 0 Å². The predicted octanol–water partition coefficient (Wildman–Crippen LogP) is 3.15. The molecule has 0 saturated heterocycles. The molecule has 1 aliphatic rings. The van der Waals surface area contributed by atoms with E-state index in [0.717, 1.165) is 11.3 Å². The van der Waals surface area contributed by atoms with E-state index in [0.29, 0.717) is 24.6 Å². The molecule has 3 rings (SSSR count). The molecule has 0 bridgehead atoms. The van der Waals surface area contributed by atoms with Gasteiger partial charge in [-0.25, -0.2) is 0 Å². The Morgan fingerprint density at radius 3 is 2.83 bits per heavy atom. The van der Waals surface area contributed by atoms with Gasteiger partial charge in [0.2, 0.25) is 5.91 Å². The highest BCUT2D eigenvalue weighted by molar-refractivity contribution is 5.89. The number of H-pyrrole nitrogens is 1. The summed E-state index contributed by atoms with van der Waals surface area (Å²) >= 11 is 0. The fourth-order valence-corrected chi connectivity index (χ4v) is 3.26. The van der Waals surface area contributed by atoms with Gasteiger partial charge in [0, 0.05) is 37.3 Å². The first-order chi connectivity index (χ1) is 11.2. The Hall–Kier alpha value is -2.11. The third-order valence-corrected chi connectivity index (χ3v) is 4.56. The fraction of sp³-hybridized carbons (Fsp3) is 0.588. The number of nitrogens with zero attached hydrogens (tertiary/aromatic N) is 3. The molecule has 6 nitrogen and oxygen atoms in total. The van der Waals surface area contributed by atoms with Crippen molar-refractivity contribution in [1.82, 2.24) is 20.0 Å². The van der Waals surface area contributed by atoms with Crippen LogP contribution in [0.1, 0.15) is 62.1 Å². The van der Waals surface area contributed by atoms with Gasteiger partial charge in [0.05, 0.1) is 6.20 Å². The molecule has 2 aromatic rings. The van der Waals surface area contributed by atoms with Crippen LogP contribution < -0.4 is 5.32 Å². The van der Waals surface area contributed by atoms with Crippen molar-refractivity contribution >= 4 is 11.7 Å². The van der Waals surface area contributed by atoms with Gasteiger partial charge in [-0.15, -0.1) is 0 Å². The summed E-state index contributed by atoms with van der Waals surface area (Å²) in [7, 11) is 1.88. The van der Waals surface area contributed by atoms with Gasteiger partial charge in [0.1, 0.15) is 0 Å². The van der Waals surface area contributed by atoms with E-state index in [1.54, 1.807) is 10.9 Å². The summed E-state index contributed by atoms with van der Waals surface area (Å²) in [6, 6.07) is 2.00. The highest BCUT2D eigenvalue weighted by Gasteiger charge is 2.17. The normalized spacial score (nSPS) is 16.2. The molecule has 2 heterocycles. The van der Waals surface area contributed by atoms with Gasteiger partial charge in [-0.3, -0.25) is 14.6 Å². The average molecular weight is 315 g/mol. The van der Waals surface area contributed by atoms with E-state index >= 15 is 0 Å². The summed E-state index contributed by atoms with van der Waals surface area (Å²) in [5, 5.41) is 14.3. The minimum atomic E-state index is -0.00669. The van der Waals surface area contributed by atoms with Gasteiger partial charge in [0.25, 0.3) is 0 Å². The third kappa shape index (κ3) is 4.43. The molecule has 0 atom stereocenters. The van der Waals surface area contributed by atoms with E-state index in [2.05, 4.69) is 20.6 Å². The van der Waals surface area contributed by atoms with Crippen molar-refractivity contribution in [2.45, 2.75) is 57.3 Å². The first-order valence-corrected chi connectivity index (χ1v) is 8.53. The van der Waals surface area contributed by atoms with Gasteiger partial charge in [-0.05, 0) is 24.8 Å². The Morgan fingerprint density at radius 1 is 1.35 bits per heavy atom. The number of hydrogen-bond donors (Lipinski definition) is 2. The van der Waals surface area contributed by atoms with Crippen LogP contribution in [0.2, 0.25) is 0 Å². The smallest absolute Gasteiger partial charge is 0.225 e. The summed E-state index contributed by atoms with van der Waals surface area (Å²) < 4.78 is 1.75. The zero-order valence-electron chi connectivity index (χ0n) is 13.7. The van der Waals surface area contributed by atoms with Crippen LogP contribution in [-0.4, -0.2) is 25.9 Å². The molecule has 0 aromatic carbocycles. The maximum absolute atomic E-state index is 12.0. The topological polar surface area (TPSA) is 75.6 Å². The third-order valence-electron chi connectivity index (χ3n) is 4.56. The SMILES string of the molecule is Cn1cc(CCC(=O)Nc2cc(C3CCCCCC3)[nH]n2)cn1. The molecule has 0 aliphatic heterocycles. The first kappa shape index (κ1) is 15.8. The second-order valence-electron chi connectivity index (χ2n) is 6.47. The molecule has 2 aromatic heterocycles. The van der Waals surface area contributed by atoms with Crippen LogP contribution in [0, 0.1) is 0 Å². The highest BCUT2D eigenvalue weighted by atomic mass is 16.1. The molecule has 0 radical (unpaired) electrons. The molecule has 0 unspecified atom stereocenters. The van der Waals surface area contributed by atoms with Gasteiger partial charge in [-0.1, -0.05) is 25.7 Å². The fourth-order valence-electron chi connectivity index (χ4n) is 3.26. The van der Waals surface area contributed by atoms with E-state index in [-0.39, 0.29) is 5.91 Å². The van der Waals surface area contributed by atoms with E-state index in [1.807, 2.05) is 19.3 Å². The van der Waals surface area contributed by atoms with Crippen molar-refractivity contribution in [1.29, 1.82) is 0 Å². The number of aromatic nitrogens is 4. The maximum atomic E-state index is 12.0. The minimum absolute atomic E-state index is 0.00669. The predicted molar refractivity (Wildman–Crippen MR) is 89.2 cm³/mol. The molecule has 1 aliphatic carbocycles. The summed E-state index contributed by atoms with van der Waals surface area (Å²) in [6.45, 7) is 0. The number of rotatable bonds is 5. The number of carbonyl (C=O) groups excluding carboxylic acids is 1. The highest BCUT2D eigenvalue weighted by Crippen LogP contribution is 2.31. The lowest BCUT2D eigenvalue weighted by molar-refractivity contribution is -0.116. The molecule has 6 heteroatoms. The van der Waals surface area contributed by atoms with Crippen molar-refractivity contribution in [3.05, 3.63) is 29.7 Å². The lowest BCUT2D eigenvalue weighted by Gasteiger charge is -2.10. The van der Waals surface area contributed by atoms with Crippen LogP contribution >= 0.6 is 0 Å². The first-order valence-electron chi connectivity index (χ1n) is 8.53. The van der Waals surface area contributed by atoms with E-state index in [9.17, 15) is 4.79 Å². The number of aryl methyl sites for hydroxylation is 2.